The summed E-state index contributed by atoms with van der Waals surface area (Å²) in [5.74, 6) is -0.0703. The average Bonchev–Trinajstić information content (AvgIpc) is 2.84. The largest absolute Gasteiger partial charge is 0.328 e. The van der Waals surface area contributed by atoms with Gasteiger partial charge in [0, 0.05) is 19.8 Å². The molecule has 1 saturated heterocycles. The molecule has 18 heavy (non-hydrogen) atoms. The number of aryl methyl sites for hydroxylation is 1. The van der Waals surface area contributed by atoms with E-state index in [0.717, 1.165) is 18.5 Å². The van der Waals surface area contributed by atoms with Crippen molar-refractivity contribution in [2.45, 2.75) is 19.8 Å². The van der Waals surface area contributed by atoms with Crippen molar-refractivity contribution in [2.75, 3.05) is 6.54 Å². The SMILES string of the molecule is CCCCN1C(=O)/C(=C\c2ccn(C)n2)NC1=S. The van der Waals surface area contributed by atoms with Gasteiger partial charge in [-0.3, -0.25) is 14.4 Å². The third-order valence-corrected chi connectivity index (χ3v) is 3.05. The molecular formula is C12H16N4OS. The second-order valence-corrected chi connectivity index (χ2v) is 4.60. The Bertz CT molecular complexity index is 506. The van der Waals surface area contributed by atoms with Gasteiger partial charge in [-0.15, -0.1) is 0 Å². The zero-order valence-electron chi connectivity index (χ0n) is 10.5. The summed E-state index contributed by atoms with van der Waals surface area (Å²) in [5.41, 5.74) is 1.24. The molecule has 0 aromatic carbocycles. The zero-order chi connectivity index (χ0) is 13.1. The summed E-state index contributed by atoms with van der Waals surface area (Å²) in [6, 6.07) is 1.85. The molecule has 6 heteroatoms. The standard InChI is InChI=1S/C12H16N4OS/c1-3-4-6-16-11(17)10(13-12(16)18)8-9-5-7-15(2)14-9/h5,7-8H,3-4,6H2,1-2H3,(H,13,18)/b10-8+. The van der Waals surface area contributed by atoms with E-state index in [1.165, 1.54) is 0 Å². The maximum atomic E-state index is 12.1. The molecular weight excluding hydrogens is 248 g/mol. The molecule has 0 atom stereocenters. The minimum atomic E-state index is -0.0703. The molecule has 1 aromatic heterocycles. The van der Waals surface area contributed by atoms with Gasteiger partial charge in [-0.1, -0.05) is 13.3 Å². The van der Waals surface area contributed by atoms with Crippen LogP contribution < -0.4 is 5.32 Å². The lowest BCUT2D eigenvalue weighted by Crippen LogP contribution is -2.31. The Morgan fingerprint density at radius 2 is 2.33 bits per heavy atom. The van der Waals surface area contributed by atoms with E-state index in [0.29, 0.717) is 17.4 Å². The molecule has 1 amide bonds. The van der Waals surface area contributed by atoms with E-state index in [1.54, 1.807) is 15.7 Å². The summed E-state index contributed by atoms with van der Waals surface area (Å²) in [4.78, 5) is 13.7. The summed E-state index contributed by atoms with van der Waals surface area (Å²) >= 11 is 5.16. The number of thiocarbonyl (C=S) groups is 1. The van der Waals surface area contributed by atoms with Crippen molar-refractivity contribution in [1.82, 2.24) is 20.0 Å². The normalized spacial score (nSPS) is 17.7. The number of unbranched alkanes of at least 4 members (excludes halogenated alkanes) is 1. The molecule has 2 rings (SSSR count). The maximum Gasteiger partial charge on any atom is 0.276 e. The van der Waals surface area contributed by atoms with Crippen LogP contribution in [0.3, 0.4) is 0 Å². The number of hydrogen-bond acceptors (Lipinski definition) is 3. The lowest BCUT2D eigenvalue weighted by atomic mass is 10.3. The van der Waals surface area contributed by atoms with Crippen molar-refractivity contribution >= 4 is 29.3 Å². The minimum absolute atomic E-state index is 0.0703. The van der Waals surface area contributed by atoms with Gasteiger partial charge in [0.05, 0.1) is 5.69 Å². The lowest BCUT2D eigenvalue weighted by molar-refractivity contribution is -0.122. The first-order chi connectivity index (χ1) is 8.61. The molecule has 1 N–H and O–H groups in total. The topological polar surface area (TPSA) is 50.2 Å². The van der Waals surface area contributed by atoms with Crippen LogP contribution >= 0.6 is 12.2 Å². The number of rotatable bonds is 4. The predicted molar refractivity (Wildman–Crippen MR) is 73.5 cm³/mol. The summed E-state index contributed by atoms with van der Waals surface area (Å²) in [5, 5.41) is 7.63. The Hall–Kier alpha value is -1.69. The summed E-state index contributed by atoms with van der Waals surface area (Å²) in [6.45, 7) is 2.75. The number of carbonyl (C=O) groups excluding carboxylic acids is 1. The van der Waals surface area contributed by atoms with Crippen molar-refractivity contribution in [1.29, 1.82) is 0 Å². The number of hydrogen-bond donors (Lipinski definition) is 1. The van der Waals surface area contributed by atoms with E-state index >= 15 is 0 Å². The minimum Gasteiger partial charge on any atom is -0.328 e. The van der Waals surface area contributed by atoms with Crippen molar-refractivity contribution in [3.63, 3.8) is 0 Å². The van der Waals surface area contributed by atoms with E-state index in [2.05, 4.69) is 17.3 Å². The fraction of sp³-hybridized carbons (Fsp3) is 0.417. The van der Waals surface area contributed by atoms with Gasteiger partial charge in [-0.25, -0.2) is 0 Å². The first-order valence-corrected chi connectivity index (χ1v) is 6.37. The van der Waals surface area contributed by atoms with E-state index in [-0.39, 0.29) is 5.91 Å². The Kier molecular flexibility index (Phi) is 3.76. The van der Waals surface area contributed by atoms with Crippen LogP contribution in [0.5, 0.6) is 0 Å². The van der Waals surface area contributed by atoms with Crippen LogP contribution in [0.2, 0.25) is 0 Å². The van der Waals surface area contributed by atoms with Gasteiger partial charge in [-0.05, 0) is 30.8 Å². The number of carbonyl (C=O) groups is 1. The smallest absolute Gasteiger partial charge is 0.276 e. The Balaban J connectivity index is 2.14. The molecule has 5 nitrogen and oxygen atoms in total. The highest BCUT2D eigenvalue weighted by atomic mass is 32.1. The van der Waals surface area contributed by atoms with Crippen LogP contribution in [0.15, 0.2) is 18.0 Å². The molecule has 2 heterocycles. The van der Waals surface area contributed by atoms with Crippen LogP contribution in [-0.2, 0) is 11.8 Å². The molecule has 1 fully saturated rings. The number of nitrogens with zero attached hydrogens (tertiary/aromatic N) is 3. The van der Waals surface area contributed by atoms with Crippen molar-refractivity contribution in [3.05, 3.63) is 23.7 Å². The first-order valence-electron chi connectivity index (χ1n) is 5.96. The Labute approximate surface area is 111 Å². The number of amides is 1. The maximum absolute atomic E-state index is 12.1. The van der Waals surface area contributed by atoms with E-state index in [1.807, 2.05) is 19.3 Å². The fourth-order valence-electron chi connectivity index (χ4n) is 1.75. The Morgan fingerprint density at radius 3 is 2.94 bits per heavy atom. The molecule has 96 valence electrons. The highest BCUT2D eigenvalue weighted by Gasteiger charge is 2.29. The van der Waals surface area contributed by atoms with Crippen LogP contribution in [0, 0.1) is 0 Å². The van der Waals surface area contributed by atoms with Gasteiger partial charge in [0.25, 0.3) is 5.91 Å². The summed E-state index contributed by atoms with van der Waals surface area (Å²) < 4.78 is 1.69. The van der Waals surface area contributed by atoms with Gasteiger partial charge >= 0.3 is 0 Å². The predicted octanol–water partition coefficient (Wildman–Crippen LogP) is 1.28. The van der Waals surface area contributed by atoms with Crippen molar-refractivity contribution in [3.8, 4) is 0 Å². The molecule has 1 aromatic rings. The van der Waals surface area contributed by atoms with E-state index in [9.17, 15) is 4.79 Å². The quantitative estimate of drug-likeness (QED) is 0.657. The Morgan fingerprint density at radius 1 is 1.56 bits per heavy atom. The summed E-state index contributed by atoms with van der Waals surface area (Å²) in [7, 11) is 1.84. The number of aromatic nitrogens is 2. The molecule has 0 spiro atoms. The van der Waals surface area contributed by atoms with Crippen LogP contribution in [0.25, 0.3) is 6.08 Å². The monoisotopic (exact) mass is 264 g/mol. The molecule has 0 unspecified atom stereocenters. The third kappa shape index (κ3) is 2.59. The van der Waals surface area contributed by atoms with Gasteiger partial charge in [0.1, 0.15) is 5.70 Å². The molecule has 0 aliphatic carbocycles. The fourth-order valence-corrected chi connectivity index (χ4v) is 2.03. The van der Waals surface area contributed by atoms with Crippen molar-refractivity contribution < 1.29 is 4.79 Å². The molecule has 1 aliphatic heterocycles. The van der Waals surface area contributed by atoms with Crippen LogP contribution in [-0.4, -0.2) is 32.2 Å². The summed E-state index contributed by atoms with van der Waals surface area (Å²) in [6.07, 6.45) is 5.54. The number of nitrogens with one attached hydrogen (secondary N) is 1. The van der Waals surface area contributed by atoms with E-state index in [4.69, 9.17) is 12.2 Å². The molecule has 0 bridgehead atoms. The second-order valence-electron chi connectivity index (χ2n) is 4.21. The van der Waals surface area contributed by atoms with Crippen LogP contribution in [0.4, 0.5) is 0 Å². The van der Waals surface area contributed by atoms with Gasteiger partial charge < -0.3 is 5.32 Å². The van der Waals surface area contributed by atoms with Crippen molar-refractivity contribution in [2.24, 2.45) is 7.05 Å². The molecule has 0 saturated carbocycles. The lowest BCUT2D eigenvalue weighted by Gasteiger charge is -2.12. The van der Waals surface area contributed by atoms with Gasteiger partial charge in [-0.2, -0.15) is 5.10 Å². The zero-order valence-corrected chi connectivity index (χ0v) is 11.3. The van der Waals surface area contributed by atoms with Gasteiger partial charge in [0.2, 0.25) is 0 Å². The highest BCUT2D eigenvalue weighted by Crippen LogP contribution is 2.13. The molecule has 0 radical (unpaired) electrons. The second kappa shape index (κ2) is 5.30. The first kappa shape index (κ1) is 12.8. The third-order valence-electron chi connectivity index (χ3n) is 2.72. The molecule has 1 aliphatic rings. The van der Waals surface area contributed by atoms with Crippen LogP contribution in [0.1, 0.15) is 25.5 Å². The van der Waals surface area contributed by atoms with Gasteiger partial charge in [0.15, 0.2) is 5.11 Å². The highest BCUT2D eigenvalue weighted by molar-refractivity contribution is 7.80. The average molecular weight is 264 g/mol. The van der Waals surface area contributed by atoms with E-state index < -0.39 is 0 Å².